The lowest BCUT2D eigenvalue weighted by atomic mass is 10.2. The Labute approximate surface area is 151 Å². The number of halogens is 1. The van der Waals surface area contributed by atoms with Crippen LogP contribution in [0.4, 0.5) is 5.69 Å². The molecule has 1 aromatic carbocycles. The summed E-state index contributed by atoms with van der Waals surface area (Å²) in [6.07, 6.45) is 0. The molecule has 0 amide bonds. The second-order valence-electron chi connectivity index (χ2n) is 5.31. The van der Waals surface area contributed by atoms with Crippen molar-refractivity contribution in [3.05, 3.63) is 24.3 Å². The minimum atomic E-state index is 0. The number of nitrogens with zero attached hydrogens (tertiary/aromatic N) is 4. The third-order valence-corrected chi connectivity index (χ3v) is 3.69. The molecule has 5 nitrogen and oxygen atoms in total. The van der Waals surface area contributed by atoms with Crippen molar-refractivity contribution in [3.63, 3.8) is 0 Å². The molecular weight excluding hydrogens is 391 g/mol. The van der Waals surface area contributed by atoms with Crippen molar-refractivity contribution >= 4 is 35.6 Å². The van der Waals surface area contributed by atoms with Gasteiger partial charge in [-0.05, 0) is 19.1 Å². The lowest BCUT2D eigenvalue weighted by molar-refractivity contribution is 0.339. The number of para-hydroxylation sites is 2. The highest BCUT2D eigenvalue weighted by atomic mass is 127. The Hall–Kier alpha value is -1.18. The summed E-state index contributed by atoms with van der Waals surface area (Å²) in [4.78, 5) is 11.4. The van der Waals surface area contributed by atoms with Crippen molar-refractivity contribution in [2.75, 3.05) is 58.8 Å². The van der Waals surface area contributed by atoms with Crippen LogP contribution < -0.4 is 9.64 Å². The Kier molecular flexibility index (Phi) is 7.78. The van der Waals surface area contributed by atoms with Gasteiger partial charge in [0.1, 0.15) is 5.75 Å². The van der Waals surface area contributed by atoms with E-state index in [2.05, 4.69) is 52.8 Å². The molecule has 0 unspecified atom stereocenters. The summed E-state index contributed by atoms with van der Waals surface area (Å²) in [5.41, 5.74) is 1.18. The summed E-state index contributed by atoms with van der Waals surface area (Å²) in [5.74, 6) is 2.03. The van der Waals surface area contributed by atoms with E-state index in [0.29, 0.717) is 0 Å². The lowest BCUT2D eigenvalue weighted by Crippen LogP contribution is -2.52. The molecule has 0 radical (unpaired) electrons. The lowest BCUT2D eigenvalue weighted by Gasteiger charge is -2.39. The number of aliphatic imine (C=N–C) groups is 1. The number of ether oxygens (including phenoxy) is 1. The molecule has 0 aromatic heterocycles. The van der Waals surface area contributed by atoms with Crippen molar-refractivity contribution in [1.29, 1.82) is 0 Å². The van der Waals surface area contributed by atoms with Crippen molar-refractivity contribution in [2.24, 2.45) is 4.99 Å². The van der Waals surface area contributed by atoms with Gasteiger partial charge in [-0.2, -0.15) is 0 Å². The molecular formula is C16H27IN4O. The van der Waals surface area contributed by atoms with E-state index in [0.717, 1.165) is 44.4 Å². The van der Waals surface area contributed by atoms with Crippen LogP contribution in [0.15, 0.2) is 29.3 Å². The summed E-state index contributed by atoms with van der Waals surface area (Å²) >= 11 is 0. The fourth-order valence-corrected chi connectivity index (χ4v) is 2.70. The van der Waals surface area contributed by atoms with Crippen molar-refractivity contribution in [2.45, 2.75) is 6.92 Å². The first-order valence-corrected chi connectivity index (χ1v) is 7.52. The zero-order valence-corrected chi connectivity index (χ0v) is 16.3. The molecule has 0 aliphatic carbocycles. The van der Waals surface area contributed by atoms with Gasteiger partial charge in [0.05, 0.1) is 12.8 Å². The molecule has 22 heavy (non-hydrogen) atoms. The molecule has 1 fully saturated rings. The first-order chi connectivity index (χ1) is 10.2. The Morgan fingerprint density at radius 3 is 2.36 bits per heavy atom. The third-order valence-electron chi connectivity index (χ3n) is 3.69. The van der Waals surface area contributed by atoms with Crippen LogP contribution in [0.3, 0.4) is 0 Å². The third kappa shape index (κ3) is 4.41. The van der Waals surface area contributed by atoms with Crippen molar-refractivity contribution in [1.82, 2.24) is 9.80 Å². The molecule has 0 spiro atoms. The van der Waals surface area contributed by atoms with Gasteiger partial charge in [0.15, 0.2) is 5.96 Å². The standard InChI is InChI=1S/C16H26N4O.HI/c1-5-17-16(18(2)3)20-12-10-19(11-13-20)14-8-6-7-9-15(14)21-4;/h6-9H,5,10-13H2,1-4H3;1H. The van der Waals surface area contributed by atoms with Crippen LogP contribution >= 0.6 is 24.0 Å². The summed E-state index contributed by atoms with van der Waals surface area (Å²) < 4.78 is 5.46. The number of methoxy groups -OCH3 is 1. The molecule has 1 saturated heterocycles. The maximum Gasteiger partial charge on any atom is 0.196 e. The van der Waals surface area contributed by atoms with Crippen LogP contribution in [0.2, 0.25) is 0 Å². The van der Waals surface area contributed by atoms with Gasteiger partial charge in [-0.3, -0.25) is 4.99 Å². The van der Waals surface area contributed by atoms with Crippen molar-refractivity contribution in [3.8, 4) is 5.75 Å². The van der Waals surface area contributed by atoms with Gasteiger partial charge >= 0.3 is 0 Å². The monoisotopic (exact) mass is 418 g/mol. The van der Waals surface area contributed by atoms with E-state index in [1.165, 1.54) is 5.69 Å². The fourth-order valence-electron chi connectivity index (χ4n) is 2.70. The quantitative estimate of drug-likeness (QED) is 0.429. The number of rotatable bonds is 3. The van der Waals surface area contributed by atoms with Crippen LogP contribution in [0.1, 0.15) is 6.92 Å². The first-order valence-electron chi connectivity index (χ1n) is 7.52. The molecule has 1 aromatic rings. The molecule has 2 rings (SSSR count). The Morgan fingerprint density at radius 1 is 1.18 bits per heavy atom. The van der Waals surface area contributed by atoms with E-state index < -0.39 is 0 Å². The van der Waals surface area contributed by atoms with Crippen LogP contribution in [0.5, 0.6) is 5.75 Å². The van der Waals surface area contributed by atoms with E-state index in [1.807, 2.05) is 12.1 Å². The average Bonchev–Trinajstić information content (AvgIpc) is 2.52. The first kappa shape index (κ1) is 18.9. The molecule has 6 heteroatoms. The summed E-state index contributed by atoms with van der Waals surface area (Å²) in [5, 5.41) is 0. The van der Waals surface area contributed by atoms with Gasteiger partial charge < -0.3 is 19.4 Å². The minimum absolute atomic E-state index is 0. The molecule has 0 N–H and O–H groups in total. The number of benzene rings is 1. The SMILES string of the molecule is CCN=C(N(C)C)N1CCN(c2ccccc2OC)CC1.I. The van der Waals surface area contributed by atoms with Gasteiger partial charge in [-0.15, -0.1) is 24.0 Å². The van der Waals surface area contributed by atoms with Crippen LogP contribution in [0.25, 0.3) is 0 Å². The predicted molar refractivity (Wildman–Crippen MR) is 104 cm³/mol. The smallest absolute Gasteiger partial charge is 0.196 e. The van der Waals surface area contributed by atoms with Gasteiger partial charge in [-0.1, -0.05) is 12.1 Å². The number of anilines is 1. The van der Waals surface area contributed by atoms with Gasteiger partial charge in [0.2, 0.25) is 0 Å². The normalized spacial score (nSPS) is 15.4. The highest BCUT2D eigenvalue weighted by Crippen LogP contribution is 2.28. The molecule has 1 heterocycles. The van der Waals surface area contributed by atoms with E-state index in [1.54, 1.807) is 7.11 Å². The molecule has 0 bridgehead atoms. The van der Waals surface area contributed by atoms with Crippen LogP contribution in [0, 0.1) is 0 Å². The van der Waals surface area contributed by atoms with E-state index in [9.17, 15) is 0 Å². The maximum atomic E-state index is 5.46. The average molecular weight is 418 g/mol. The summed E-state index contributed by atoms with van der Waals surface area (Å²) in [6.45, 7) is 6.83. The second-order valence-corrected chi connectivity index (χ2v) is 5.31. The van der Waals surface area contributed by atoms with E-state index in [4.69, 9.17) is 4.74 Å². The zero-order valence-electron chi connectivity index (χ0n) is 14.0. The number of hydrogen-bond acceptors (Lipinski definition) is 3. The maximum absolute atomic E-state index is 5.46. The van der Waals surface area contributed by atoms with E-state index in [-0.39, 0.29) is 24.0 Å². The van der Waals surface area contributed by atoms with Gasteiger partial charge in [-0.25, -0.2) is 0 Å². The van der Waals surface area contributed by atoms with Crippen LogP contribution in [-0.2, 0) is 0 Å². The second kappa shape index (κ2) is 9.07. The van der Waals surface area contributed by atoms with E-state index >= 15 is 0 Å². The van der Waals surface area contributed by atoms with Crippen molar-refractivity contribution < 1.29 is 4.74 Å². The number of piperazine rings is 1. The number of hydrogen-bond donors (Lipinski definition) is 0. The highest BCUT2D eigenvalue weighted by Gasteiger charge is 2.22. The topological polar surface area (TPSA) is 31.3 Å². The van der Waals surface area contributed by atoms with Crippen LogP contribution in [-0.4, -0.2) is 69.7 Å². The molecule has 0 saturated carbocycles. The Bertz CT molecular complexity index is 485. The molecule has 1 aliphatic rings. The molecule has 0 atom stereocenters. The zero-order chi connectivity index (χ0) is 15.2. The predicted octanol–water partition coefficient (Wildman–Crippen LogP) is 2.37. The summed E-state index contributed by atoms with van der Waals surface area (Å²) in [6, 6.07) is 8.22. The number of guanidine groups is 1. The summed E-state index contributed by atoms with van der Waals surface area (Å²) in [7, 11) is 5.84. The highest BCUT2D eigenvalue weighted by molar-refractivity contribution is 14.0. The minimum Gasteiger partial charge on any atom is -0.495 e. The fraction of sp³-hybridized carbons (Fsp3) is 0.562. The Morgan fingerprint density at radius 2 is 1.82 bits per heavy atom. The molecule has 124 valence electrons. The molecule has 1 aliphatic heterocycles. The Balaban J connectivity index is 0.00000242. The largest absolute Gasteiger partial charge is 0.495 e. The van der Waals surface area contributed by atoms with Gasteiger partial charge in [0.25, 0.3) is 0 Å². The van der Waals surface area contributed by atoms with Gasteiger partial charge in [0, 0.05) is 46.8 Å².